The number of ether oxygens (including phenoxy) is 3. The number of carbonyl (C=O) groups excluding carboxylic acids is 3. The van der Waals surface area contributed by atoms with Crippen molar-refractivity contribution in [3.8, 4) is 0 Å². The molecule has 0 fully saturated rings. The van der Waals surface area contributed by atoms with Crippen LogP contribution >= 0.6 is 0 Å². The van der Waals surface area contributed by atoms with Crippen molar-refractivity contribution >= 4 is 17.9 Å². The van der Waals surface area contributed by atoms with Crippen LogP contribution in [0.5, 0.6) is 0 Å². The third-order valence-corrected chi connectivity index (χ3v) is 14.8. The Kier molecular flexibility index (Phi) is 64.7. The SMILES string of the molecule is CC/C=C\C/C=C\C/C=C\C/C=C\C/C=C\CCCCCCCCCCCCCC(=O)OCC(COC(=O)CCCCCCC/C=C\CCCCC)OC(=O)CCCCCCCCCCCCC/C=C\C/C=C\CCCCCCC. The van der Waals surface area contributed by atoms with Crippen molar-refractivity contribution in [2.75, 3.05) is 13.2 Å². The lowest BCUT2D eigenvalue weighted by Gasteiger charge is -2.18. The highest BCUT2D eigenvalue weighted by molar-refractivity contribution is 5.71. The normalized spacial score (nSPS) is 12.7. The second kappa shape index (κ2) is 67.8. The number of rotatable bonds is 62. The topological polar surface area (TPSA) is 78.9 Å². The van der Waals surface area contributed by atoms with Crippen molar-refractivity contribution in [2.45, 2.75) is 341 Å². The molecule has 0 saturated heterocycles. The van der Waals surface area contributed by atoms with E-state index >= 15 is 0 Å². The smallest absolute Gasteiger partial charge is 0.306 e. The molecule has 0 aliphatic rings. The van der Waals surface area contributed by atoms with Gasteiger partial charge in [-0.25, -0.2) is 0 Å². The van der Waals surface area contributed by atoms with Gasteiger partial charge in [0, 0.05) is 19.3 Å². The average Bonchev–Trinajstić information content (AvgIpc) is 3.46. The Hall–Kier alpha value is -3.67. The van der Waals surface area contributed by atoms with E-state index in [1.165, 1.54) is 193 Å². The zero-order valence-electron chi connectivity index (χ0n) is 52.8. The van der Waals surface area contributed by atoms with Crippen LogP contribution in [0.4, 0.5) is 0 Å². The van der Waals surface area contributed by atoms with E-state index in [0.29, 0.717) is 19.3 Å². The first-order valence-electron chi connectivity index (χ1n) is 34.2. The third kappa shape index (κ3) is 65.1. The zero-order chi connectivity index (χ0) is 57.8. The molecule has 0 heterocycles. The monoisotopic (exact) mass is 1110 g/mol. The van der Waals surface area contributed by atoms with Crippen molar-refractivity contribution in [3.05, 3.63) is 97.2 Å². The standard InChI is InChI=1S/C74H128O6/c1-4-7-10-13-16-19-22-25-27-29-31-33-35-36-37-38-40-41-43-45-47-49-52-55-58-61-64-67-73(76)79-70-71(69-78-72(75)66-63-60-57-54-51-24-21-18-15-12-9-6-3)80-74(77)68-65-62-59-56-53-50-48-46-44-42-39-34-32-30-28-26-23-20-17-14-11-8-5-2/h7,10,16,18-19,21,23,25-27,30-33,36-37,71H,4-6,8-9,11-15,17,20,22,24,28-29,34-35,38-70H2,1-3H3/b10-7-,19-16-,21-18-,26-23-,27-25-,32-30-,33-31-,37-36-. The molecule has 6 heteroatoms. The molecular weight excluding hydrogens is 985 g/mol. The molecule has 0 aliphatic carbocycles. The Morgan fingerprint density at radius 3 is 0.800 bits per heavy atom. The van der Waals surface area contributed by atoms with Gasteiger partial charge in [0.05, 0.1) is 0 Å². The maximum atomic E-state index is 12.9. The first-order valence-corrected chi connectivity index (χ1v) is 34.2. The van der Waals surface area contributed by atoms with Crippen LogP contribution in [0.15, 0.2) is 97.2 Å². The minimum Gasteiger partial charge on any atom is -0.462 e. The second-order valence-corrected chi connectivity index (χ2v) is 22.7. The van der Waals surface area contributed by atoms with E-state index in [9.17, 15) is 14.4 Å². The fourth-order valence-corrected chi connectivity index (χ4v) is 9.67. The van der Waals surface area contributed by atoms with Crippen molar-refractivity contribution in [2.24, 2.45) is 0 Å². The van der Waals surface area contributed by atoms with Crippen molar-refractivity contribution in [1.29, 1.82) is 0 Å². The highest BCUT2D eigenvalue weighted by Crippen LogP contribution is 2.17. The number of hydrogen-bond acceptors (Lipinski definition) is 6. The highest BCUT2D eigenvalue weighted by Gasteiger charge is 2.19. The summed E-state index contributed by atoms with van der Waals surface area (Å²) in [5, 5.41) is 0. The Morgan fingerprint density at radius 2 is 0.487 bits per heavy atom. The molecule has 0 N–H and O–H groups in total. The summed E-state index contributed by atoms with van der Waals surface area (Å²) in [6.45, 7) is 6.52. The maximum absolute atomic E-state index is 12.9. The van der Waals surface area contributed by atoms with E-state index in [-0.39, 0.29) is 31.1 Å². The van der Waals surface area contributed by atoms with E-state index in [1.807, 2.05) is 0 Å². The summed E-state index contributed by atoms with van der Waals surface area (Å²) < 4.78 is 17.0. The van der Waals surface area contributed by atoms with Gasteiger partial charge in [-0.05, 0) is 122 Å². The summed E-state index contributed by atoms with van der Waals surface area (Å²) in [4.78, 5) is 38.4. The molecule has 0 spiro atoms. The van der Waals surface area contributed by atoms with Crippen LogP contribution in [0.3, 0.4) is 0 Å². The lowest BCUT2D eigenvalue weighted by atomic mass is 10.0. The second-order valence-electron chi connectivity index (χ2n) is 22.7. The molecule has 0 amide bonds. The molecule has 1 unspecified atom stereocenters. The quantitative estimate of drug-likeness (QED) is 0.0261. The lowest BCUT2D eigenvalue weighted by Crippen LogP contribution is -2.30. The van der Waals surface area contributed by atoms with Gasteiger partial charge >= 0.3 is 17.9 Å². The molecule has 80 heavy (non-hydrogen) atoms. The maximum Gasteiger partial charge on any atom is 0.306 e. The van der Waals surface area contributed by atoms with Gasteiger partial charge in [0.2, 0.25) is 0 Å². The summed E-state index contributed by atoms with van der Waals surface area (Å²) in [6.07, 6.45) is 91.4. The summed E-state index contributed by atoms with van der Waals surface area (Å²) >= 11 is 0. The van der Waals surface area contributed by atoms with E-state index in [2.05, 4.69) is 118 Å². The van der Waals surface area contributed by atoms with E-state index in [4.69, 9.17) is 14.2 Å². The number of carbonyl (C=O) groups is 3. The van der Waals surface area contributed by atoms with Gasteiger partial charge in [-0.2, -0.15) is 0 Å². The molecule has 0 radical (unpaired) electrons. The summed E-state index contributed by atoms with van der Waals surface area (Å²) in [6, 6.07) is 0. The van der Waals surface area contributed by atoms with Crippen LogP contribution in [-0.4, -0.2) is 37.2 Å². The number of hydrogen-bond donors (Lipinski definition) is 0. The van der Waals surface area contributed by atoms with Crippen LogP contribution in [0, 0.1) is 0 Å². The van der Waals surface area contributed by atoms with Crippen LogP contribution < -0.4 is 0 Å². The van der Waals surface area contributed by atoms with Crippen molar-refractivity contribution in [1.82, 2.24) is 0 Å². The van der Waals surface area contributed by atoms with Gasteiger partial charge in [0.15, 0.2) is 6.10 Å². The zero-order valence-corrected chi connectivity index (χ0v) is 52.8. The minimum absolute atomic E-state index is 0.0808. The molecule has 0 saturated carbocycles. The molecular formula is C74H128O6. The van der Waals surface area contributed by atoms with Crippen LogP contribution in [0.1, 0.15) is 335 Å². The van der Waals surface area contributed by atoms with Gasteiger partial charge in [0.25, 0.3) is 0 Å². The van der Waals surface area contributed by atoms with Crippen LogP contribution in [-0.2, 0) is 28.6 Å². The first-order chi connectivity index (χ1) is 39.5. The fraction of sp³-hybridized carbons (Fsp3) is 0.743. The number of unbranched alkanes of at least 4 members (excludes halogenated alkanes) is 35. The lowest BCUT2D eigenvalue weighted by molar-refractivity contribution is -0.167. The molecule has 0 aromatic rings. The van der Waals surface area contributed by atoms with E-state index < -0.39 is 6.10 Å². The number of esters is 3. The Labute approximate surface area is 496 Å². The summed E-state index contributed by atoms with van der Waals surface area (Å²) in [5.41, 5.74) is 0. The average molecular weight is 1110 g/mol. The van der Waals surface area contributed by atoms with E-state index in [1.54, 1.807) is 0 Å². The van der Waals surface area contributed by atoms with Gasteiger partial charge < -0.3 is 14.2 Å². The van der Waals surface area contributed by atoms with Crippen LogP contribution in [0.2, 0.25) is 0 Å². The largest absolute Gasteiger partial charge is 0.462 e. The summed E-state index contributed by atoms with van der Waals surface area (Å²) in [5.74, 6) is -0.882. The predicted molar refractivity (Wildman–Crippen MR) is 348 cm³/mol. The van der Waals surface area contributed by atoms with Gasteiger partial charge in [-0.3, -0.25) is 14.4 Å². The van der Waals surface area contributed by atoms with Crippen molar-refractivity contribution < 1.29 is 28.6 Å². The van der Waals surface area contributed by atoms with Gasteiger partial charge in [-0.15, -0.1) is 0 Å². The first kappa shape index (κ1) is 76.3. The molecule has 0 bridgehead atoms. The minimum atomic E-state index is -0.784. The number of allylic oxidation sites excluding steroid dienone is 16. The highest BCUT2D eigenvalue weighted by atomic mass is 16.6. The van der Waals surface area contributed by atoms with E-state index in [0.717, 1.165) is 103 Å². The fourth-order valence-electron chi connectivity index (χ4n) is 9.67. The molecule has 0 rings (SSSR count). The molecule has 0 aromatic carbocycles. The van der Waals surface area contributed by atoms with Crippen molar-refractivity contribution in [3.63, 3.8) is 0 Å². The Bertz CT molecular complexity index is 1560. The Morgan fingerprint density at radius 1 is 0.263 bits per heavy atom. The van der Waals surface area contributed by atoms with Crippen LogP contribution in [0.25, 0.3) is 0 Å². The molecule has 460 valence electrons. The Balaban J connectivity index is 4.28. The van der Waals surface area contributed by atoms with Gasteiger partial charge in [0.1, 0.15) is 13.2 Å². The molecule has 6 nitrogen and oxygen atoms in total. The third-order valence-electron chi connectivity index (χ3n) is 14.8. The van der Waals surface area contributed by atoms with Gasteiger partial charge in [-0.1, -0.05) is 291 Å². The summed E-state index contributed by atoms with van der Waals surface area (Å²) in [7, 11) is 0. The molecule has 1 atom stereocenters. The molecule has 0 aliphatic heterocycles. The predicted octanol–water partition coefficient (Wildman–Crippen LogP) is 23.6. The molecule has 0 aromatic heterocycles.